The van der Waals surface area contributed by atoms with Gasteiger partial charge in [-0.2, -0.15) is 0 Å². The van der Waals surface area contributed by atoms with E-state index >= 15 is 0 Å². The summed E-state index contributed by atoms with van der Waals surface area (Å²) in [6.45, 7) is 2.84. The second-order valence-electron chi connectivity index (χ2n) is 4.49. The molecule has 1 heterocycles. The van der Waals surface area contributed by atoms with Crippen molar-refractivity contribution in [1.29, 1.82) is 0 Å². The number of aromatic nitrogens is 2. The van der Waals surface area contributed by atoms with Crippen LogP contribution in [0, 0.1) is 11.6 Å². The molecule has 1 unspecified atom stereocenters. The lowest BCUT2D eigenvalue weighted by Crippen LogP contribution is -2.25. The van der Waals surface area contributed by atoms with Gasteiger partial charge in [0.05, 0.1) is 24.3 Å². The lowest BCUT2D eigenvalue weighted by molar-refractivity contribution is 0.501. The van der Waals surface area contributed by atoms with Crippen LogP contribution in [0.25, 0.3) is 0 Å². The van der Waals surface area contributed by atoms with E-state index < -0.39 is 11.6 Å². The number of halogens is 2. The molecule has 0 bridgehead atoms. The number of hydrogen-bond donors (Lipinski definition) is 1. The molecule has 0 aliphatic rings. The van der Waals surface area contributed by atoms with Gasteiger partial charge in [-0.25, -0.2) is 13.8 Å². The Bertz CT molecular complexity index is 551. The molecule has 0 radical (unpaired) electrons. The highest BCUT2D eigenvalue weighted by Crippen LogP contribution is 2.23. The van der Waals surface area contributed by atoms with E-state index in [1.165, 1.54) is 6.07 Å². The van der Waals surface area contributed by atoms with E-state index in [9.17, 15) is 8.78 Å². The van der Waals surface area contributed by atoms with Crippen molar-refractivity contribution < 1.29 is 8.78 Å². The minimum absolute atomic E-state index is 0.192. The molecule has 19 heavy (non-hydrogen) atoms. The fourth-order valence-corrected chi connectivity index (χ4v) is 2.02. The molecule has 0 aliphatic heterocycles. The molecule has 0 fully saturated rings. The summed E-state index contributed by atoms with van der Waals surface area (Å²) in [4.78, 5) is 4.07. The number of hydrogen-bond acceptors (Lipinski definition) is 2. The number of benzene rings is 1. The molecular formula is C14H17F2N3. The highest BCUT2D eigenvalue weighted by atomic mass is 19.2. The molecule has 1 aromatic carbocycles. The van der Waals surface area contributed by atoms with Crippen molar-refractivity contribution in [1.82, 2.24) is 14.9 Å². The minimum Gasteiger partial charge on any atom is -0.336 e. The summed E-state index contributed by atoms with van der Waals surface area (Å²) >= 11 is 0. The second kappa shape index (κ2) is 5.93. The summed E-state index contributed by atoms with van der Waals surface area (Å²) < 4.78 is 28.3. The first-order chi connectivity index (χ1) is 9.13. The molecule has 0 saturated carbocycles. The minimum atomic E-state index is -0.831. The molecule has 102 valence electrons. The number of nitrogens with one attached hydrogen (secondary N) is 1. The molecule has 2 rings (SSSR count). The third kappa shape index (κ3) is 2.98. The van der Waals surface area contributed by atoms with Gasteiger partial charge in [-0.1, -0.05) is 13.0 Å². The molecule has 3 nitrogen and oxygen atoms in total. The Balaban J connectivity index is 2.37. The Kier molecular flexibility index (Phi) is 4.27. The molecule has 0 saturated heterocycles. The van der Waals surface area contributed by atoms with E-state index in [1.807, 2.05) is 11.6 Å². The van der Waals surface area contributed by atoms with Gasteiger partial charge in [0.15, 0.2) is 11.6 Å². The molecule has 1 atom stereocenters. The summed E-state index contributed by atoms with van der Waals surface area (Å²) in [6, 6.07) is 3.79. The molecule has 5 heteroatoms. The largest absolute Gasteiger partial charge is 0.336 e. The Morgan fingerprint density at radius 3 is 2.68 bits per heavy atom. The fraction of sp³-hybridized carbons (Fsp3) is 0.357. The van der Waals surface area contributed by atoms with Gasteiger partial charge in [-0.3, -0.25) is 0 Å². The number of aryl methyl sites for hydroxylation is 1. The van der Waals surface area contributed by atoms with Crippen molar-refractivity contribution in [2.24, 2.45) is 7.05 Å². The lowest BCUT2D eigenvalue weighted by Gasteiger charge is -2.19. The summed E-state index contributed by atoms with van der Waals surface area (Å²) in [5.41, 5.74) is 1.61. The predicted molar refractivity (Wildman–Crippen MR) is 69.7 cm³/mol. The maximum atomic E-state index is 13.4. The van der Waals surface area contributed by atoms with E-state index in [1.54, 1.807) is 18.6 Å². The molecule has 2 aromatic rings. The third-order valence-electron chi connectivity index (χ3n) is 3.03. The average Bonchev–Trinajstić information content (AvgIpc) is 2.80. The van der Waals surface area contributed by atoms with Crippen LogP contribution in [0.15, 0.2) is 30.7 Å². The zero-order valence-corrected chi connectivity index (χ0v) is 11.0. The van der Waals surface area contributed by atoms with Gasteiger partial charge >= 0.3 is 0 Å². The summed E-state index contributed by atoms with van der Waals surface area (Å²) in [7, 11) is 1.88. The first-order valence-electron chi connectivity index (χ1n) is 6.28. The van der Waals surface area contributed by atoms with Gasteiger partial charge in [-0.05, 0) is 30.7 Å². The first kappa shape index (κ1) is 13.7. The second-order valence-corrected chi connectivity index (χ2v) is 4.49. The topological polar surface area (TPSA) is 29.9 Å². The monoisotopic (exact) mass is 265 g/mol. The van der Waals surface area contributed by atoms with Crippen molar-refractivity contribution in [3.05, 3.63) is 53.6 Å². The zero-order valence-electron chi connectivity index (χ0n) is 11.0. The fourth-order valence-electron chi connectivity index (χ4n) is 2.02. The highest BCUT2D eigenvalue weighted by Gasteiger charge is 2.18. The van der Waals surface area contributed by atoms with Crippen molar-refractivity contribution in [2.45, 2.75) is 19.4 Å². The van der Waals surface area contributed by atoms with Crippen LogP contribution in [0.4, 0.5) is 8.78 Å². The van der Waals surface area contributed by atoms with E-state index in [-0.39, 0.29) is 6.04 Å². The van der Waals surface area contributed by atoms with E-state index in [4.69, 9.17) is 0 Å². The van der Waals surface area contributed by atoms with Gasteiger partial charge in [0.25, 0.3) is 0 Å². The Morgan fingerprint density at radius 1 is 1.32 bits per heavy atom. The number of imidazole rings is 1. The van der Waals surface area contributed by atoms with Crippen LogP contribution in [-0.4, -0.2) is 16.1 Å². The quantitative estimate of drug-likeness (QED) is 0.901. The molecular weight excluding hydrogens is 248 g/mol. The van der Waals surface area contributed by atoms with Gasteiger partial charge < -0.3 is 9.88 Å². The van der Waals surface area contributed by atoms with Crippen LogP contribution in [0.5, 0.6) is 0 Å². The zero-order chi connectivity index (χ0) is 13.8. The van der Waals surface area contributed by atoms with Crippen LogP contribution in [0.1, 0.15) is 30.6 Å². The maximum absolute atomic E-state index is 13.4. The number of rotatable bonds is 5. The summed E-state index contributed by atoms with van der Waals surface area (Å²) in [5.74, 6) is -1.66. The SMILES string of the molecule is CCCNC(c1ccc(F)c(F)c1)c1cncn1C. The van der Waals surface area contributed by atoms with E-state index in [0.29, 0.717) is 5.56 Å². The van der Waals surface area contributed by atoms with Gasteiger partial charge in [0.2, 0.25) is 0 Å². The Hall–Kier alpha value is -1.75. The number of nitrogens with zero attached hydrogens (tertiary/aromatic N) is 2. The molecule has 0 aliphatic carbocycles. The molecule has 0 spiro atoms. The molecule has 1 N–H and O–H groups in total. The summed E-state index contributed by atoms with van der Waals surface area (Å²) in [5, 5.41) is 3.33. The molecule has 1 aromatic heterocycles. The van der Waals surface area contributed by atoms with Gasteiger partial charge in [0.1, 0.15) is 0 Å². The van der Waals surface area contributed by atoms with E-state index in [2.05, 4.69) is 17.2 Å². The van der Waals surface area contributed by atoms with Gasteiger partial charge in [0, 0.05) is 7.05 Å². The first-order valence-corrected chi connectivity index (χ1v) is 6.28. The lowest BCUT2D eigenvalue weighted by atomic mass is 10.0. The van der Waals surface area contributed by atoms with Crippen LogP contribution < -0.4 is 5.32 Å². The van der Waals surface area contributed by atoms with Crippen molar-refractivity contribution in [3.63, 3.8) is 0 Å². The Labute approximate surface area is 111 Å². The Morgan fingerprint density at radius 2 is 2.11 bits per heavy atom. The van der Waals surface area contributed by atoms with E-state index in [0.717, 1.165) is 24.7 Å². The molecule has 0 amide bonds. The standard InChI is InChI=1S/C14H17F2N3/c1-3-6-18-14(13-8-17-9-19(13)2)10-4-5-11(15)12(16)7-10/h4-5,7-9,14,18H,3,6H2,1-2H3. The third-order valence-corrected chi connectivity index (χ3v) is 3.03. The maximum Gasteiger partial charge on any atom is 0.159 e. The normalized spacial score (nSPS) is 12.6. The van der Waals surface area contributed by atoms with Crippen LogP contribution in [0.3, 0.4) is 0 Å². The van der Waals surface area contributed by atoms with Crippen LogP contribution >= 0.6 is 0 Å². The smallest absolute Gasteiger partial charge is 0.159 e. The summed E-state index contributed by atoms with van der Waals surface area (Å²) in [6.07, 6.45) is 4.38. The highest BCUT2D eigenvalue weighted by molar-refractivity contribution is 5.28. The van der Waals surface area contributed by atoms with Crippen molar-refractivity contribution in [3.8, 4) is 0 Å². The average molecular weight is 265 g/mol. The van der Waals surface area contributed by atoms with Crippen molar-refractivity contribution in [2.75, 3.05) is 6.54 Å². The van der Waals surface area contributed by atoms with Gasteiger partial charge in [-0.15, -0.1) is 0 Å². The predicted octanol–water partition coefficient (Wildman–Crippen LogP) is 2.79. The van der Waals surface area contributed by atoms with Crippen molar-refractivity contribution >= 4 is 0 Å². The van der Waals surface area contributed by atoms with Crippen LogP contribution in [0.2, 0.25) is 0 Å². The van der Waals surface area contributed by atoms with Crippen LogP contribution in [-0.2, 0) is 7.05 Å².